The Morgan fingerprint density at radius 1 is 1.30 bits per heavy atom. The van der Waals surface area contributed by atoms with Gasteiger partial charge in [0, 0.05) is 6.42 Å². The normalized spacial score (nSPS) is 16.6. The van der Waals surface area contributed by atoms with E-state index in [2.05, 4.69) is 16.1 Å². The van der Waals surface area contributed by atoms with Gasteiger partial charge in [0.15, 0.2) is 0 Å². The lowest BCUT2D eigenvalue weighted by atomic mass is 10.1. The number of carbonyl (C=O) groups is 3. The van der Waals surface area contributed by atoms with Crippen LogP contribution in [0.2, 0.25) is 0 Å². The number of hydrogen-bond acceptors (Lipinski definition) is 6. The van der Waals surface area contributed by atoms with Gasteiger partial charge in [-0.15, -0.1) is 0 Å². The number of hydrogen-bond donors (Lipinski definition) is 4. The predicted molar refractivity (Wildman–Crippen MR) is 95.4 cm³/mol. The summed E-state index contributed by atoms with van der Waals surface area (Å²) in [6.07, 6.45) is -0.0836. The first-order valence-electron chi connectivity index (χ1n) is 8.19. The van der Waals surface area contributed by atoms with E-state index in [1.807, 2.05) is 6.07 Å². The lowest BCUT2D eigenvalue weighted by Crippen LogP contribution is -2.48. The molecule has 0 radical (unpaired) electrons. The summed E-state index contributed by atoms with van der Waals surface area (Å²) in [7, 11) is 0. The topological polar surface area (TPSA) is 126 Å². The van der Waals surface area contributed by atoms with Gasteiger partial charge in [0.1, 0.15) is 23.9 Å². The number of halogens is 1. The molecule has 0 fully saturated rings. The van der Waals surface area contributed by atoms with Crippen molar-refractivity contribution in [2.45, 2.75) is 31.6 Å². The number of ether oxygens (including phenoxy) is 1. The van der Waals surface area contributed by atoms with Crippen LogP contribution in [0.4, 0.5) is 4.79 Å². The fourth-order valence-electron chi connectivity index (χ4n) is 2.23. The maximum atomic E-state index is 12.3. The molecule has 1 heterocycles. The van der Waals surface area contributed by atoms with Crippen molar-refractivity contribution in [3.8, 4) is 0 Å². The molecule has 2 amide bonds. The van der Waals surface area contributed by atoms with E-state index in [0.29, 0.717) is 5.16 Å². The van der Waals surface area contributed by atoms with Crippen LogP contribution in [0, 0.1) is 0 Å². The molecule has 2 rings (SSSR count). The molecule has 4 N–H and O–H groups in total. The highest BCUT2D eigenvalue weighted by molar-refractivity contribution is 6.29. The molecule has 0 bridgehead atoms. The average molecular weight is 398 g/mol. The average Bonchev–Trinajstić information content (AvgIpc) is 3.07. The van der Waals surface area contributed by atoms with Crippen LogP contribution < -0.4 is 16.1 Å². The molecule has 9 nitrogen and oxygen atoms in total. The van der Waals surface area contributed by atoms with Gasteiger partial charge in [-0.05, 0) is 18.1 Å². The summed E-state index contributed by atoms with van der Waals surface area (Å²) in [5, 5.41) is 14.1. The first kappa shape index (κ1) is 20.5. The van der Waals surface area contributed by atoms with Crippen LogP contribution in [0.3, 0.4) is 0 Å². The van der Waals surface area contributed by atoms with E-state index >= 15 is 0 Å². The number of carboxylic acids is 1. The van der Waals surface area contributed by atoms with E-state index in [1.54, 1.807) is 30.3 Å². The van der Waals surface area contributed by atoms with Crippen molar-refractivity contribution >= 4 is 29.6 Å². The second-order valence-corrected chi connectivity index (χ2v) is 6.12. The van der Waals surface area contributed by atoms with Crippen molar-refractivity contribution in [2.24, 2.45) is 0 Å². The molecular formula is C17H20ClN3O6. The van der Waals surface area contributed by atoms with E-state index in [-0.39, 0.29) is 26.0 Å². The van der Waals surface area contributed by atoms with E-state index < -0.39 is 30.1 Å². The number of carbonyl (C=O) groups excluding carboxylic acids is 2. The smallest absolute Gasteiger partial charge is 0.408 e. The molecular weight excluding hydrogens is 378 g/mol. The van der Waals surface area contributed by atoms with Gasteiger partial charge in [0.2, 0.25) is 5.91 Å². The molecule has 1 unspecified atom stereocenters. The third-order valence-corrected chi connectivity index (χ3v) is 3.79. The zero-order valence-corrected chi connectivity index (χ0v) is 15.1. The molecule has 146 valence electrons. The third kappa shape index (κ3) is 7.55. The number of carboxylic acid groups (broad SMARTS) is 1. The van der Waals surface area contributed by atoms with Crippen LogP contribution in [-0.2, 0) is 25.8 Å². The third-order valence-electron chi connectivity index (χ3n) is 3.59. The predicted octanol–water partition coefficient (Wildman–Crippen LogP) is 1.25. The molecule has 0 spiro atoms. The van der Waals surface area contributed by atoms with Crippen molar-refractivity contribution in [1.29, 1.82) is 0 Å². The zero-order chi connectivity index (χ0) is 19.6. The lowest BCUT2D eigenvalue weighted by Gasteiger charge is -2.18. The zero-order valence-electron chi connectivity index (χ0n) is 14.3. The number of aliphatic carboxylic acids is 1. The SMILES string of the molecule is O=C(O)CC[C@H](NC(=O)OCc1ccccc1)C(=O)NCC1C=C(Cl)NO1. The summed E-state index contributed by atoms with van der Waals surface area (Å²) in [6, 6.07) is 7.97. The fourth-order valence-corrected chi connectivity index (χ4v) is 2.42. The second kappa shape index (κ2) is 10.4. The van der Waals surface area contributed by atoms with E-state index in [1.165, 1.54) is 0 Å². The van der Waals surface area contributed by atoms with Crippen LogP contribution in [0.5, 0.6) is 0 Å². The number of alkyl carbamates (subject to hydrolysis) is 1. The number of nitrogens with one attached hydrogen (secondary N) is 3. The van der Waals surface area contributed by atoms with E-state index in [9.17, 15) is 14.4 Å². The number of hydroxylamine groups is 1. The largest absolute Gasteiger partial charge is 0.481 e. The summed E-state index contributed by atoms with van der Waals surface area (Å²) in [5.74, 6) is -1.63. The maximum Gasteiger partial charge on any atom is 0.408 e. The molecule has 0 saturated carbocycles. The van der Waals surface area contributed by atoms with Gasteiger partial charge in [-0.25, -0.2) is 4.79 Å². The molecule has 0 saturated heterocycles. The van der Waals surface area contributed by atoms with Crippen LogP contribution in [0.25, 0.3) is 0 Å². The van der Waals surface area contributed by atoms with Gasteiger partial charge < -0.3 is 20.5 Å². The van der Waals surface area contributed by atoms with E-state index in [4.69, 9.17) is 26.3 Å². The van der Waals surface area contributed by atoms with Gasteiger partial charge in [0.25, 0.3) is 0 Å². The van der Waals surface area contributed by atoms with Gasteiger partial charge in [-0.2, -0.15) is 0 Å². The Labute approximate surface area is 160 Å². The molecule has 10 heteroatoms. The van der Waals surface area contributed by atoms with Crippen LogP contribution in [0.15, 0.2) is 41.6 Å². The van der Waals surface area contributed by atoms with Gasteiger partial charge in [-0.1, -0.05) is 41.9 Å². The van der Waals surface area contributed by atoms with E-state index in [0.717, 1.165) is 5.56 Å². The standard InChI is InChI=1S/C17H20ClN3O6/c18-14-8-12(27-21-14)9-19-16(24)13(6-7-15(22)23)20-17(25)26-10-11-4-2-1-3-5-11/h1-5,8,12-13,21H,6-7,9-10H2,(H,19,24)(H,20,25)(H,22,23)/t12?,13-/m0/s1. The molecule has 1 aliphatic heterocycles. The molecule has 27 heavy (non-hydrogen) atoms. The maximum absolute atomic E-state index is 12.3. The molecule has 0 aromatic heterocycles. The first-order chi connectivity index (χ1) is 12.9. The molecule has 1 aromatic carbocycles. The Morgan fingerprint density at radius 2 is 2.04 bits per heavy atom. The minimum atomic E-state index is -1.08. The van der Waals surface area contributed by atoms with Crippen LogP contribution >= 0.6 is 11.6 Å². The van der Waals surface area contributed by atoms with Crippen molar-refractivity contribution in [2.75, 3.05) is 6.54 Å². The van der Waals surface area contributed by atoms with Crippen molar-refractivity contribution in [3.63, 3.8) is 0 Å². The summed E-state index contributed by atoms with van der Waals surface area (Å²) < 4.78 is 5.07. The van der Waals surface area contributed by atoms with Crippen LogP contribution in [0.1, 0.15) is 18.4 Å². The molecule has 1 aromatic rings. The minimum Gasteiger partial charge on any atom is -0.481 e. The number of rotatable bonds is 9. The first-order valence-corrected chi connectivity index (χ1v) is 8.57. The number of amides is 2. The van der Waals surface area contributed by atoms with Crippen molar-refractivity contribution < 1.29 is 29.1 Å². The van der Waals surface area contributed by atoms with Gasteiger partial charge >= 0.3 is 12.1 Å². The summed E-state index contributed by atoms with van der Waals surface area (Å²) in [6.45, 7) is 0.136. The molecule has 2 atom stereocenters. The summed E-state index contributed by atoms with van der Waals surface area (Å²) in [5.41, 5.74) is 3.22. The lowest BCUT2D eigenvalue weighted by molar-refractivity contribution is -0.137. The highest BCUT2D eigenvalue weighted by atomic mass is 35.5. The second-order valence-electron chi connectivity index (χ2n) is 5.71. The van der Waals surface area contributed by atoms with Crippen molar-refractivity contribution in [1.82, 2.24) is 16.1 Å². The Kier molecular flexibility index (Phi) is 7.90. The Morgan fingerprint density at radius 3 is 2.67 bits per heavy atom. The van der Waals surface area contributed by atoms with Gasteiger partial charge in [-0.3, -0.25) is 19.9 Å². The highest BCUT2D eigenvalue weighted by Crippen LogP contribution is 2.09. The highest BCUT2D eigenvalue weighted by Gasteiger charge is 2.24. The Bertz CT molecular complexity index is 697. The number of benzene rings is 1. The Balaban J connectivity index is 1.84. The monoisotopic (exact) mass is 397 g/mol. The van der Waals surface area contributed by atoms with Crippen LogP contribution in [-0.4, -0.2) is 41.8 Å². The fraction of sp³-hybridized carbons (Fsp3) is 0.353. The summed E-state index contributed by atoms with van der Waals surface area (Å²) >= 11 is 5.70. The quantitative estimate of drug-likeness (QED) is 0.462. The minimum absolute atomic E-state index is 0.0326. The Hall–Kier alpha value is -2.78. The summed E-state index contributed by atoms with van der Waals surface area (Å²) in [4.78, 5) is 40.1. The molecule has 1 aliphatic rings. The molecule has 0 aliphatic carbocycles. The van der Waals surface area contributed by atoms with Crippen molar-refractivity contribution in [3.05, 3.63) is 47.1 Å². The van der Waals surface area contributed by atoms with Gasteiger partial charge in [0.05, 0.1) is 6.54 Å².